The summed E-state index contributed by atoms with van der Waals surface area (Å²) in [5.41, 5.74) is -4.72. The van der Waals surface area contributed by atoms with Gasteiger partial charge in [-0.05, 0) is 48.0 Å². The Hall–Kier alpha value is -4.05. The minimum Gasteiger partial charge on any atom is -0.497 e. The van der Waals surface area contributed by atoms with Crippen LogP contribution in [0.2, 0.25) is 0 Å². The molecule has 3 aliphatic rings. The van der Waals surface area contributed by atoms with Crippen LogP contribution in [0.1, 0.15) is 11.1 Å². The Kier molecular flexibility index (Phi) is 7.47. The minimum absolute atomic E-state index is 0.169. The Bertz CT molecular complexity index is 1390. The summed E-state index contributed by atoms with van der Waals surface area (Å²) in [5.74, 6) is -6.68. The molecule has 42 heavy (non-hydrogen) atoms. The molecule has 3 heterocycles. The van der Waals surface area contributed by atoms with Gasteiger partial charge >= 0.3 is 23.9 Å². The monoisotopic (exact) mass is 588 g/mol. The van der Waals surface area contributed by atoms with Crippen molar-refractivity contribution in [3.8, 4) is 11.5 Å². The Morgan fingerprint density at radius 3 is 1.74 bits per heavy atom. The number of rotatable bonds is 9. The van der Waals surface area contributed by atoms with Crippen LogP contribution in [0, 0.1) is 5.41 Å². The normalized spacial score (nSPS) is 30.7. The molecule has 0 saturated carbocycles. The van der Waals surface area contributed by atoms with E-state index in [0.29, 0.717) is 17.1 Å². The second-order valence-corrected chi connectivity index (χ2v) is 9.29. The summed E-state index contributed by atoms with van der Waals surface area (Å²) in [6.07, 6.45) is -0.506. The molecule has 5 atom stereocenters. The molecule has 2 aromatic carbocycles. The van der Waals surface area contributed by atoms with E-state index in [4.69, 9.17) is 52.7 Å². The van der Waals surface area contributed by atoms with Gasteiger partial charge in [0.05, 0.1) is 35.5 Å². The molecule has 5 rings (SSSR count). The molecule has 3 aliphatic heterocycles. The summed E-state index contributed by atoms with van der Waals surface area (Å²) in [6.45, 7) is 0. The maximum atomic E-state index is 14.2. The van der Waals surface area contributed by atoms with Gasteiger partial charge in [-0.3, -0.25) is 9.53 Å². The lowest BCUT2D eigenvalue weighted by molar-refractivity contribution is -0.473. The van der Waals surface area contributed by atoms with E-state index in [1.165, 1.54) is 33.5 Å². The first-order chi connectivity index (χ1) is 20.2. The van der Waals surface area contributed by atoms with Crippen molar-refractivity contribution in [1.82, 2.24) is 0 Å². The van der Waals surface area contributed by atoms with Gasteiger partial charge in [0.15, 0.2) is 11.7 Å². The van der Waals surface area contributed by atoms with Crippen molar-refractivity contribution in [3.63, 3.8) is 0 Å². The molecule has 2 aromatic rings. The van der Waals surface area contributed by atoms with Gasteiger partial charge in [-0.2, -0.15) is 9.78 Å². The van der Waals surface area contributed by atoms with Crippen LogP contribution in [0.5, 0.6) is 11.5 Å². The van der Waals surface area contributed by atoms with E-state index in [-0.39, 0.29) is 5.56 Å². The van der Waals surface area contributed by atoms with Crippen molar-refractivity contribution in [2.45, 2.75) is 23.5 Å². The van der Waals surface area contributed by atoms with Gasteiger partial charge < -0.3 is 28.4 Å². The van der Waals surface area contributed by atoms with Crippen LogP contribution >= 0.6 is 0 Å². The van der Waals surface area contributed by atoms with Gasteiger partial charge in [0.2, 0.25) is 5.41 Å². The number of hydrogen-bond acceptors (Lipinski definition) is 14. The van der Waals surface area contributed by atoms with E-state index >= 15 is 0 Å². The van der Waals surface area contributed by atoms with Crippen molar-refractivity contribution in [2.24, 2.45) is 5.41 Å². The van der Waals surface area contributed by atoms with Gasteiger partial charge in [0, 0.05) is 12.7 Å². The molecule has 0 unspecified atom stereocenters. The Labute approximate surface area is 239 Å². The van der Waals surface area contributed by atoms with Crippen molar-refractivity contribution < 1.29 is 67.1 Å². The molecule has 14 heteroatoms. The molecule has 0 aromatic heterocycles. The molecule has 0 aliphatic carbocycles. The van der Waals surface area contributed by atoms with E-state index in [2.05, 4.69) is 0 Å². The zero-order chi connectivity index (χ0) is 30.3. The minimum atomic E-state index is -2.44. The summed E-state index contributed by atoms with van der Waals surface area (Å²) < 4.78 is 37.6. The SMILES string of the molecule is COC(=O)C(=C[C@]1(c2ccc(OC)cc2)OO[C@@H]2[C@@]3(c4ccc(OC)cc4)OO[C@](OC)(O3)[C@@]21C(=O)OC)C(=O)OC. The molecule has 224 valence electrons. The molecule has 0 spiro atoms. The fourth-order valence-corrected chi connectivity index (χ4v) is 5.61. The van der Waals surface area contributed by atoms with E-state index in [9.17, 15) is 14.4 Å². The molecule has 3 saturated heterocycles. The summed E-state index contributed by atoms with van der Waals surface area (Å²) in [4.78, 5) is 63.4. The highest BCUT2D eigenvalue weighted by molar-refractivity contribution is 6.14. The highest BCUT2D eigenvalue weighted by Gasteiger charge is 2.94. The predicted octanol–water partition coefficient (Wildman–Crippen LogP) is 1.81. The van der Waals surface area contributed by atoms with Gasteiger partial charge in [-0.25, -0.2) is 19.4 Å². The van der Waals surface area contributed by atoms with Gasteiger partial charge in [0.25, 0.3) is 5.79 Å². The fourth-order valence-electron chi connectivity index (χ4n) is 5.61. The second-order valence-electron chi connectivity index (χ2n) is 9.29. The first kappa shape index (κ1) is 29.4. The standard InChI is InChI=1S/C28H28O14/c1-32-18-11-7-16(8-12-18)25(15-20(21(29)34-3)22(30)35-4)26(24(31)36-5)23(38-40-25)27(39-28(26,37-6)42-41-27)17-9-13-19(33-2)14-10-17/h7-15,23H,1-6H3/t23-,25+,26+,27+,28+/m0/s1. The molecular formula is C28H28O14. The first-order valence-electron chi connectivity index (χ1n) is 12.4. The molecule has 14 nitrogen and oxygen atoms in total. The van der Waals surface area contributed by atoms with Crippen LogP contribution in [0.3, 0.4) is 0 Å². The number of benzene rings is 2. The van der Waals surface area contributed by atoms with E-state index in [1.807, 2.05) is 0 Å². The maximum Gasteiger partial charge on any atom is 0.345 e. The number of fused-ring (bicyclic) bond motifs is 5. The van der Waals surface area contributed by atoms with Gasteiger partial charge in [-0.1, -0.05) is 12.1 Å². The summed E-state index contributed by atoms with van der Waals surface area (Å²) in [7, 11) is 7.41. The highest BCUT2D eigenvalue weighted by atomic mass is 17.3. The van der Waals surface area contributed by atoms with E-state index in [0.717, 1.165) is 27.4 Å². The Morgan fingerprint density at radius 1 is 0.714 bits per heavy atom. The van der Waals surface area contributed by atoms with Crippen LogP contribution in [-0.4, -0.2) is 72.6 Å². The third-order valence-corrected chi connectivity index (χ3v) is 7.59. The molecule has 0 amide bonds. The van der Waals surface area contributed by atoms with Crippen LogP contribution in [0.15, 0.2) is 60.2 Å². The number of carbonyl (C=O) groups excluding carboxylic acids is 3. The molecule has 2 bridgehead atoms. The summed E-state index contributed by atoms with van der Waals surface area (Å²) in [5, 5.41) is 0. The van der Waals surface area contributed by atoms with Crippen molar-refractivity contribution in [3.05, 3.63) is 71.3 Å². The topological polar surface area (TPSA) is 153 Å². The average Bonchev–Trinajstić information content (AvgIpc) is 3.70. The molecule has 3 fully saturated rings. The zero-order valence-corrected chi connectivity index (χ0v) is 23.5. The van der Waals surface area contributed by atoms with Crippen molar-refractivity contribution in [1.29, 1.82) is 0 Å². The summed E-state index contributed by atoms with van der Waals surface area (Å²) >= 11 is 0. The second kappa shape index (κ2) is 10.7. The Balaban J connectivity index is 1.87. The lowest BCUT2D eigenvalue weighted by atomic mass is 9.62. The predicted molar refractivity (Wildman–Crippen MR) is 135 cm³/mol. The lowest BCUT2D eigenvalue weighted by Gasteiger charge is -2.45. The van der Waals surface area contributed by atoms with E-state index in [1.54, 1.807) is 36.4 Å². The van der Waals surface area contributed by atoms with Crippen LogP contribution in [0.4, 0.5) is 0 Å². The number of ether oxygens (including phenoxy) is 7. The number of carbonyl (C=O) groups is 3. The molecule has 0 radical (unpaired) electrons. The van der Waals surface area contributed by atoms with Crippen molar-refractivity contribution >= 4 is 17.9 Å². The quantitative estimate of drug-likeness (QED) is 0.104. The van der Waals surface area contributed by atoms with E-state index < -0.39 is 52.4 Å². The summed E-state index contributed by atoms with van der Waals surface area (Å²) in [6, 6.07) is 12.6. The fraction of sp³-hybridized carbons (Fsp3) is 0.393. The Morgan fingerprint density at radius 2 is 1.26 bits per heavy atom. The van der Waals surface area contributed by atoms with Crippen molar-refractivity contribution in [2.75, 3.05) is 42.7 Å². The highest BCUT2D eigenvalue weighted by Crippen LogP contribution is 2.73. The number of methoxy groups -OCH3 is 6. The van der Waals surface area contributed by atoms with Crippen LogP contribution < -0.4 is 9.47 Å². The molecule has 0 N–H and O–H groups in total. The van der Waals surface area contributed by atoms with Crippen LogP contribution in [0.25, 0.3) is 0 Å². The smallest absolute Gasteiger partial charge is 0.345 e. The maximum absolute atomic E-state index is 14.2. The van der Waals surface area contributed by atoms with Crippen LogP contribution in [-0.2, 0) is 69.0 Å². The average molecular weight is 589 g/mol. The third-order valence-electron chi connectivity index (χ3n) is 7.59. The zero-order valence-electron chi connectivity index (χ0n) is 23.5. The van der Waals surface area contributed by atoms with Gasteiger partial charge in [-0.15, -0.1) is 0 Å². The number of esters is 3. The third kappa shape index (κ3) is 3.70. The molecular weight excluding hydrogens is 560 g/mol. The van der Waals surface area contributed by atoms with Gasteiger partial charge in [0.1, 0.15) is 17.1 Å². The first-order valence-corrected chi connectivity index (χ1v) is 12.4. The number of hydrogen-bond donors (Lipinski definition) is 0. The largest absolute Gasteiger partial charge is 0.497 e. The lowest BCUT2D eigenvalue weighted by Crippen LogP contribution is -2.67.